The van der Waals surface area contributed by atoms with Crippen molar-refractivity contribution in [3.05, 3.63) is 40.8 Å². The van der Waals surface area contributed by atoms with Crippen LogP contribution < -0.4 is 4.90 Å². The summed E-state index contributed by atoms with van der Waals surface area (Å²) in [6, 6.07) is 8.24. The maximum atomic E-state index is 13.0. The van der Waals surface area contributed by atoms with E-state index in [0.29, 0.717) is 5.91 Å². The van der Waals surface area contributed by atoms with Gasteiger partial charge in [-0.1, -0.05) is 6.07 Å². The van der Waals surface area contributed by atoms with Crippen LogP contribution in [0.4, 0.5) is 5.82 Å². The van der Waals surface area contributed by atoms with Gasteiger partial charge in [-0.15, -0.1) is 26.6 Å². The highest BCUT2D eigenvalue weighted by Gasteiger charge is 2.30. The largest absolute Gasteiger partial charge is 0.355 e. The number of piperidine rings is 1. The summed E-state index contributed by atoms with van der Waals surface area (Å²) in [6.07, 6.45) is 4.51. The van der Waals surface area contributed by atoms with E-state index in [9.17, 15) is 4.79 Å². The minimum absolute atomic E-state index is 0.137. The number of rotatable bonds is 5. The van der Waals surface area contributed by atoms with E-state index in [0.717, 1.165) is 76.5 Å². The molecular formula is C21H27N7OS. The zero-order valence-corrected chi connectivity index (χ0v) is 17.9. The maximum absolute atomic E-state index is 13.0. The minimum Gasteiger partial charge on any atom is -0.355 e. The van der Waals surface area contributed by atoms with Crippen molar-refractivity contribution in [1.82, 2.24) is 29.6 Å². The van der Waals surface area contributed by atoms with Gasteiger partial charge in [0, 0.05) is 56.6 Å². The number of hydrogen-bond acceptors (Lipinski definition) is 7. The number of aromatic nitrogens is 4. The summed E-state index contributed by atoms with van der Waals surface area (Å²) in [5.41, 5.74) is 0.748. The predicted molar refractivity (Wildman–Crippen MR) is 117 cm³/mol. The summed E-state index contributed by atoms with van der Waals surface area (Å²) in [4.78, 5) is 21.3. The lowest BCUT2D eigenvalue weighted by atomic mass is 9.95. The molecule has 0 aromatic carbocycles. The molecule has 2 aliphatic heterocycles. The number of fused-ring (bicyclic) bond motifs is 1. The number of thiophene rings is 1. The molecule has 1 amide bonds. The summed E-state index contributed by atoms with van der Waals surface area (Å²) in [5, 5.41) is 14.6. The van der Waals surface area contributed by atoms with Gasteiger partial charge in [0.2, 0.25) is 5.91 Å². The lowest BCUT2D eigenvalue weighted by Crippen LogP contribution is -2.52. The van der Waals surface area contributed by atoms with Crippen LogP contribution in [0, 0.1) is 5.92 Å². The Morgan fingerprint density at radius 1 is 1.07 bits per heavy atom. The van der Waals surface area contributed by atoms with Gasteiger partial charge in [-0.05, 0) is 42.8 Å². The molecule has 0 unspecified atom stereocenters. The highest BCUT2D eigenvalue weighted by Crippen LogP contribution is 2.24. The van der Waals surface area contributed by atoms with Crippen LogP contribution >= 0.6 is 11.3 Å². The van der Waals surface area contributed by atoms with Gasteiger partial charge in [-0.25, -0.2) is 0 Å². The smallest absolute Gasteiger partial charge is 0.225 e. The number of hydrogen-bond donors (Lipinski definition) is 0. The van der Waals surface area contributed by atoms with Crippen molar-refractivity contribution in [2.45, 2.75) is 19.3 Å². The molecule has 3 aromatic heterocycles. The first kappa shape index (κ1) is 19.4. The Bertz CT molecular complexity index is 972. The van der Waals surface area contributed by atoms with Gasteiger partial charge in [0.25, 0.3) is 0 Å². The van der Waals surface area contributed by atoms with Crippen LogP contribution in [0.15, 0.2) is 36.0 Å². The SMILES string of the molecule is O=C(C1CCN(c2ccc3nncn3n2)CC1)N1CCN(CCc2cccs2)CC1. The molecule has 8 nitrogen and oxygen atoms in total. The van der Waals surface area contributed by atoms with Gasteiger partial charge in [0.1, 0.15) is 12.1 Å². The Balaban J connectivity index is 1.09. The number of carbonyl (C=O) groups excluding carboxylic acids is 1. The van der Waals surface area contributed by atoms with Crippen molar-refractivity contribution in [3.63, 3.8) is 0 Å². The number of piperazine rings is 1. The summed E-state index contributed by atoms with van der Waals surface area (Å²) < 4.78 is 1.70. The van der Waals surface area contributed by atoms with Crippen LogP contribution in [0.1, 0.15) is 17.7 Å². The van der Waals surface area contributed by atoms with Crippen LogP contribution in [0.2, 0.25) is 0 Å². The second-order valence-corrected chi connectivity index (χ2v) is 9.12. The molecule has 2 saturated heterocycles. The van der Waals surface area contributed by atoms with Crippen LogP contribution in [0.5, 0.6) is 0 Å². The van der Waals surface area contributed by atoms with Gasteiger partial charge < -0.3 is 9.80 Å². The quantitative estimate of drug-likeness (QED) is 0.621. The van der Waals surface area contributed by atoms with Crippen molar-refractivity contribution in [2.24, 2.45) is 5.92 Å². The number of anilines is 1. The molecule has 0 spiro atoms. The minimum atomic E-state index is 0.137. The molecule has 2 aliphatic rings. The second-order valence-electron chi connectivity index (χ2n) is 8.08. The lowest BCUT2D eigenvalue weighted by Gasteiger charge is -2.38. The van der Waals surface area contributed by atoms with Crippen LogP contribution in [-0.4, -0.2) is 81.3 Å². The zero-order valence-electron chi connectivity index (χ0n) is 17.1. The van der Waals surface area contributed by atoms with Gasteiger partial charge in [-0.2, -0.15) is 4.52 Å². The molecule has 0 aliphatic carbocycles. The van der Waals surface area contributed by atoms with Crippen LogP contribution in [0.25, 0.3) is 5.65 Å². The second kappa shape index (κ2) is 8.69. The average molecular weight is 426 g/mol. The normalized spacial score (nSPS) is 18.9. The van der Waals surface area contributed by atoms with E-state index >= 15 is 0 Å². The summed E-state index contributed by atoms with van der Waals surface area (Å²) in [7, 11) is 0. The topological polar surface area (TPSA) is 69.9 Å². The van der Waals surface area contributed by atoms with E-state index in [1.165, 1.54) is 4.88 Å². The van der Waals surface area contributed by atoms with E-state index in [-0.39, 0.29) is 5.92 Å². The Kier molecular flexibility index (Phi) is 5.63. The van der Waals surface area contributed by atoms with Crippen molar-refractivity contribution in [1.29, 1.82) is 0 Å². The molecule has 0 radical (unpaired) electrons. The van der Waals surface area contributed by atoms with E-state index in [4.69, 9.17) is 0 Å². The number of amides is 1. The van der Waals surface area contributed by atoms with E-state index in [1.54, 1.807) is 10.8 Å². The Morgan fingerprint density at radius 2 is 1.90 bits per heavy atom. The van der Waals surface area contributed by atoms with Gasteiger partial charge in [0.15, 0.2) is 5.65 Å². The number of nitrogens with zero attached hydrogens (tertiary/aromatic N) is 7. The van der Waals surface area contributed by atoms with Crippen molar-refractivity contribution >= 4 is 28.7 Å². The first-order valence-electron chi connectivity index (χ1n) is 10.7. The highest BCUT2D eigenvalue weighted by atomic mass is 32.1. The molecule has 3 aromatic rings. The van der Waals surface area contributed by atoms with Gasteiger partial charge in [0.05, 0.1) is 0 Å². The molecular weight excluding hydrogens is 398 g/mol. The van der Waals surface area contributed by atoms with Crippen molar-refractivity contribution < 1.29 is 4.79 Å². The molecule has 0 bridgehead atoms. The first-order valence-corrected chi connectivity index (χ1v) is 11.6. The molecule has 2 fully saturated rings. The molecule has 5 rings (SSSR count). The van der Waals surface area contributed by atoms with Crippen LogP contribution in [0.3, 0.4) is 0 Å². The maximum Gasteiger partial charge on any atom is 0.225 e. The molecule has 30 heavy (non-hydrogen) atoms. The van der Waals surface area contributed by atoms with Gasteiger partial charge in [-0.3, -0.25) is 9.69 Å². The fourth-order valence-corrected chi connectivity index (χ4v) is 5.11. The fourth-order valence-electron chi connectivity index (χ4n) is 4.42. The monoisotopic (exact) mass is 425 g/mol. The van der Waals surface area contributed by atoms with Crippen molar-refractivity contribution in [2.75, 3.05) is 50.7 Å². The molecule has 9 heteroatoms. The number of carbonyl (C=O) groups is 1. The molecule has 0 saturated carbocycles. The fraction of sp³-hybridized carbons (Fsp3) is 0.524. The third-order valence-corrected chi connectivity index (χ3v) is 7.19. The third kappa shape index (κ3) is 4.17. The predicted octanol–water partition coefficient (Wildman–Crippen LogP) is 1.79. The van der Waals surface area contributed by atoms with E-state index < -0.39 is 0 Å². The van der Waals surface area contributed by atoms with Crippen molar-refractivity contribution in [3.8, 4) is 0 Å². The molecule has 0 N–H and O–H groups in total. The third-order valence-electron chi connectivity index (χ3n) is 6.25. The molecule has 0 atom stereocenters. The Labute approximate surface area is 180 Å². The van der Waals surface area contributed by atoms with E-state index in [2.05, 4.69) is 47.5 Å². The summed E-state index contributed by atoms with van der Waals surface area (Å²) >= 11 is 1.83. The van der Waals surface area contributed by atoms with Crippen LogP contribution in [-0.2, 0) is 11.2 Å². The average Bonchev–Trinajstić information content (AvgIpc) is 3.49. The summed E-state index contributed by atoms with van der Waals surface area (Å²) in [5.74, 6) is 1.40. The van der Waals surface area contributed by atoms with Gasteiger partial charge >= 0.3 is 0 Å². The zero-order chi connectivity index (χ0) is 20.3. The lowest BCUT2D eigenvalue weighted by molar-refractivity contribution is -0.138. The standard InChI is InChI=1S/C21H27N7OS/c29-21(27-13-11-25(12-14-27)8-7-18-2-1-15-30-18)17-5-9-26(10-6-17)20-4-3-19-23-22-16-28(19)24-20/h1-4,15-17H,5-14H2. The molecule has 158 valence electrons. The van der Waals surface area contributed by atoms with E-state index in [1.807, 2.05) is 23.5 Å². The first-order chi connectivity index (χ1) is 14.8. The Hall–Kier alpha value is -2.52. The summed E-state index contributed by atoms with van der Waals surface area (Å²) in [6.45, 7) is 6.49. The highest BCUT2D eigenvalue weighted by molar-refractivity contribution is 7.09. The molecule has 5 heterocycles. The Morgan fingerprint density at radius 3 is 2.67 bits per heavy atom.